The third-order valence-electron chi connectivity index (χ3n) is 1.96. The van der Waals surface area contributed by atoms with Crippen LogP contribution in [0.5, 0.6) is 5.75 Å². The molecule has 0 fully saturated rings. The monoisotopic (exact) mass is 208 g/mol. The predicted molar refractivity (Wildman–Crippen MR) is 57.5 cm³/mol. The van der Waals surface area contributed by atoms with E-state index in [2.05, 4.69) is 25.7 Å². The summed E-state index contributed by atoms with van der Waals surface area (Å²) >= 11 is 0. The van der Waals surface area contributed by atoms with Crippen molar-refractivity contribution in [3.8, 4) is 5.75 Å². The van der Waals surface area contributed by atoms with Crippen molar-refractivity contribution in [2.75, 3.05) is 0 Å². The molecule has 0 aliphatic carbocycles. The molecule has 3 heteroatoms. The van der Waals surface area contributed by atoms with E-state index >= 15 is 0 Å². The van der Waals surface area contributed by atoms with E-state index < -0.39 is 5.97 Å². The second kappa shape index (κ2) is 4.34. The van der Waals surface area contributed by atoms with Crippen molar-refractivity contribution in [1.29, 1.82) is 0 Å². The first-order valence-corrected chi connectivity index (χ1v) is 4.85. The third kappa shape index (κ3) is 3.62. The highest BCUT2D eigenvalue weighted by Crippen LogP contribution is 2.25. The fourth-order valence-electron chi connectivity index (χ4n) is 1.12. The molecule has 0 spiro atoms. The molecule has 0 aromatic heterocycles. The molecule has 0 saturated heterocycles. The molecule has 0 unspecified atom stereocenters. The quantitative estimate of drug-likeness (QED) is 0.553. The maximum atomic E-state index is 10.6. The standard InChI is InChI=1S/C12H16O3/c1-9(13)14-15-11-7-5-6-10(8-11)12(2,3)4/h5-8H,1-4H3. The Labute approximate surface area is 89.9 Å². The van der Waals surface area contributed by atoms with E-state index in [9.17, 15) is 4.79 Å². The van der Waals surface area contributed by atoms with Gasteiger partial charge in [0, 0.05) is 6.92 Å². The lowest BCUT2D eigenvalue weighted by molar-refractivity contribution is -0.210. The van der Waals surface area contributed by atoms with Gasteiger partial charge in [0.2, 0.25) is 0 Å². The maximum Gasteiger partial charge on any atom is 0.352 e. The summed E-state index contributed by atoms with van der Waals surface area (Å²) in [6, 6.07) is 7.50. The van der Waals surface area contributed by atoms with Crippen LogP contribution in [-0.4, -0.2) is 5.97 Å². The Balaban J connectivity index is 2.79. The van der Waals surface area contributed by atoms with E-state index in [0.717, 1.165) is 5.56 Å². The molecule has 0 saturated carbocycles. The zero-order valence-electron chi connectivity index (χ0n) is 9.53. The summed E-state index contributed by atoms with van der Waals surface area (Å²) in [5.41, 5.74) is 1.18. The van der Waals surface area contributed by atoms with Gasteiger partial charge in [0.05, 0.1) is 0 Å². The van der Waals surface area contributed by atoms with E-state index in [0.29, 0.717) is 5.75 Å². The fraction of sp³-hybridized carbons (Fsp3) is 0.417. The largest absolute Gasteiger partial charge is 0.352 e. The smallest absolute Gasteiger partial charge is 0.287 e. The summed E-state index contributed by atoms with van der Waals surface area (Å²) in [5, 5.41) is 0. The molecule has 0 aliphatic rings. The summed E-state index contributed by atoms with van der Waals surface area (Å²) in [4.78, 5) is 19.9. The van der Waals surface area contributed by atoms with Gasteiger partial charge in [-0.15, -0.1) is 0 Å². The molecular formula is C12H16O3. The normalized spacial score (nSPS) is 10.9. The Hall–Kier alpha value is -1.51. The van der Waals surface area contributed by atoms with Gasteiger partial charge < -0.3 is 0 Å². The molecule has 0 aliphatic heterocycles. The third-order valence-corrected chi connectivity index (χ3v) is 1.96. The van der Waals surface area contributed by atoms with Crippen LogP contribution < -0.4 is 4.89 Å². The number of rotatable bonds is 2. The number of benzene rings is 1. The van der Waals surface area contributed by atoms with E-state index in [4.69, 9.17) is 4.89 Å². The van der Waals surface area contributed by atoms with Crippen LogP contribution in [0.2, 0.25) is 0 Å². The molecule has 0 atom stereocenters. The van der Waals surface area contributed by atoms with Crippen molar-refractivity contribution in [1.82, 2.24) is 0 Å². The molecule has 1 aromatic carbocycles. The van der Waals surface area contributed by atoms with Crippen LogP contribution in [0.3, 0.4) is 0 Å². The molecule has 0 N–H and O–H groups in total. The number of carbonyl (C=O) groups excluding carboxylic acids is 1. The van der Waals surface area contributed by atoms with Gasteiger partial charge in [0.15, 0.2) is 5.75 Å². The Morgan fingerprint density at radius 1 is 1.27 bits per heavy atom. The van der Waals surface area contributed by atoms with Crippen LogP contribution in [-0.2, 0) is 15.1 Å². The zero-order chi connectivity index (χ0) is 11.5. The molecular weight excluding hydrogens is 192 g/mol. The van der Waals surface area contributed by atoms with Crippen molar-refractivity contribution < 1.29 is 14.6 Å². The van der Waals surface area contributed by atoms with Crippen LogP contribution >= 0.6 is 0 Å². The second-order valence-corrected chi connectivity index (χ2v) is 4.44. The molecule has 3 nitrogen and oxygen atoms in total. The van der Waals surface area contributed by atoms with Crippen molar-refractivity contribution in [2.24, 2.45) is 0 Å². The van der Waals surface area contributed by atoms with Gasteiger partial charge >= 0.3 is 5.97 Å². The summed E-state index contributed by atoms with van der Waals surface area (Å²) in [6.07, 6.45) is 0. The Kier molecular flexibility index (Phi) is 3.35. The van der Waals surface area contributed by atoms with Crippen molar-refractivity contribution >= 4 is 5.97 Å². The van der Waals surface area contributed by atoms with Crippen molar-refractivity contribution in [3.63, 3.8) is 0 Å². The van der Waals surface area contributed by atoms with Crippen molar-refractivity contribution in [2.45, 2.75) is 33.1 Å². The maximum absolute atomic E-state index is 10.6. The van der Waals surface area contributed by atoms with E-state index in [-0.39, 0.29) is 5.41 Å². The first-order chi connectivity index (χ1) is 6.89. The first-order valence-electron chi connectivity index (χ1n) is 4.85. The molecule has 0 amide bonds. The number of hydrogen-bond donors (Lipinski definition) is 0. The summed E-state index contributed by atoms with van der Waals surface area (Å²) in [7, 11) is 0. The van der Waals surface area contributed by atoms with E-state index in [1.54, 1.807) is 6.07 Å². The lowest BCUT2D eigenvalue weighted by Gasteiger charge is -2.19. The molecule has 1 rings (SSSR count). The minimum absolute atomic E-state index is 0.0512. The molecule has 1 aromatic rings. The van der Waals surface area contributed by atoms with Crippen LogP contribution in [0.4, 0.5) is 0 Å². The van der Waals surface area contributed by atoms with Gasteiger partial charge in [0.1, 0.15) is 0 Å². The van der Waals surface area contributed by atoms with Gasteiger partial charge in [-0.25, -0.2) is 4.79 Å². The average Bonchev–Trinajstić information content (AvgIpc) is 2.14. The fourth-order valence-corrected chi connectivity index (χ4v) is 1.12. The number of carbonyl (C=O) groups is 1. The lowest BCUT2D eigenvalue weighted by Crippen LogP contribution is -2.11. The SMILES string of the molecule is CC(=O)OOc1cccc(C(C)(C)C)c1. The van der Waals surface area contributed by atoms with Crippen LogP contribution in [0.15, 0.2) is 24.3 Å². The van der Waals surface area contributed by atoms with Crippen LogP contribution in [0.1, 0.15) is 33.3 Å². The minimum Gasteiger partial charge on any atom is -0.287 e. The molecule has 0 bridgehead atoms. The lowest BCUT2D eigenvalue weighted by atomic mass is 9.87. The van der Waals surface area contributed by atoms with Gasteiger partial charge in [-0.1, -0.05) is 32.9 Å². The van der Waals surface area contributed by atoms with E-state index in [1.807, 2.05) is 18.2 Å². The van der Waals surface area contributed by atoms with Gasteiger partial charge in [-0.2, -0.15) is 0 Å². The molecule has 82 valence electrons. The Morgan fingerprint density at radius 3 is 2.47 bits per heavy atom. The van der Waals surface area contributed by atoms with Gasteiger partial charge in [0.25, 0.3) is 0 Å². The highest BCUT2D eigenvalue weighted by Gasteiger charge is 2.14. The highest BCUT2D eigenvalue weighted by atomic mass is 17.2. The Morgan fingerprint density at radius 2 is 1.93 bits per heavy atom. The zero-order valence-corrected chi connectivity index (χ0v) is 9.53. The molecule has 0 radical (unpaired) electrons. The van der Waals surface area contributed by atoms with Gasteiger partial charge in [-0.05, 0) is 23.1 Å². The molecule has 15 heavy (non-hydrogen) atoms. The summed E-state index contributed by atoms with van der Waals surface area (Å²) in [6.45, 7) is 7.63. The average molecular weight is 208 g/mol. The molecule has 0 heterocycles. The van der Waals surface area contributed by atoms with Crippen LogP contribution in [0, 0.1) is 0 Å². The first kappa shape index (κ1) is 11.6. The Bertz CT molecular complexity index is 350. The predicted octanol–water partition coefficient (Wildman–Crippen LogP) is 2.84. The van der Waals surface area contributed by atoms with Crippen LogP contribution in [0.25, 0.3) is 0 Å². The summed E-state index contributed by atoms with van der Waals surface area (Å²) < 4.78 is 0. The topological polar surface area (TPSA) is 35.5 Å². The minimum atomic E-state index is -0.462. The highest BCUT2D eigenvalue weighted by molar-refractivity contribution is 5.65. The van der Waals surface area contributed by atoms with E-state index in [1.165, 1.54) is 6.92 Å². The number of hydrogen-bond acceptors (Lipinski definition) is 3. The van der Waals surface area contributed by atoms with Gasteiger partial charge in [-0.3, -0.25) is 9.78 Å². The second-order valence-electron chi connectivity index (χ2n) is 4.44. The van der Waals surface area contributed by atoms with Crippen molar-refractivity contribution in [3.05, 3.63) is 29.8 Å². The summed E-state index contributed by atoms with van der Waals surface area (Å²) in [5.74, 6) is 0.0776.